The van der Waals surface area contributed by atoms with Gasteiger partial charge in [0.05, 0.1) is 11.0 Å². The molecule has 1 saturated heterocycles. The van der Waals surface area contributed by atoms with Crippen LogP contribution in [0.25, 0.3) is 0 Å². The highest BCUT2D eigenvalue weighted by molar-refractivity contribution is 5.68. The van der Waals surface area contributed by atoms with Crippen LogP contribution in [0.2, 0.25) is 0 Å². The van der Waals surface area contributed by atoms with Crippen LogP contribution in [0.5, 0.6) is 5.75 Å². The maximum absolute atomic E-state index is 11.3. The van der Waals surface area contributed by atoms with Gasteiger partial charge in [0, 0.05) is 13.2 Å². The van der Waals surface area contributed by atoms with Crippen molar-refractivity contribution in [2.45, 2.75) is 38.7 Å². The normalized spacial score (nSPS) is 18.2. The van der Waals surface area contributed by atoms with E-state index in [-0.39, 0.29) is 11.8 Å². The van der Waals surface area contributed by atoms with Crippen molar-refractivity contribution >= 4 is 11.4 Å². The van der Waals surface area contributed by atoms with Gasteiger partial charge >= 0.3 is 5.69 Å². The van der Waals surface area contributed by atoms with E-state index in [1.54, 1.807) is 18.2 Å². The summed E-state index contributed by atoms with van der Waals surface area (Å²) in [5.41, 5.74) is 0.505. The van der Waals surface area contributed by atoms with Gasteiger partial charge < -0.3 is 14.8 Å². The summed E-state index contributed by atoms with van der Waals surface area (Å²) in [5, 5.41) is 14.4. The van der Waals surface area contributed by atoms with Crippen molar-refractivity contribution in [2.75, 3.05) is 25.1 Å². The van der Waals surface area contributed by atoms with Crippen molar-refractivity contribution in [1.29, 1.82) is 0 Å². The zero-order chi connectivity index (χ0) is 15.1. The van der Waals surface area contributed by atoms with Gasteiger partial charge in [-0.05, 0) is 37.8 Å². The van der Waals surface area contributed by atoms with E-state index in [4.69, 9.17) is 9.47 Å². The Balaban J connectivity index is 2.07. The minimum Gasteiger partial charge on any atom is -0.484 e. The molecule has 1 fully saturated rings. The van der Waals surface area contributed by atoms with Crippen molar-refractivity contribution in [3.05, 3.63) is 28.3 Å². The van der Waals surface area contributed by atoms with E-state index in [1.807, 2.05) is 6.92 Å². The van der Waals surface area contributed by atoms with Gasteiger partial charge in [-0.1, -0.05) is 13.0 Å². The number of nitro groups is 1. The SMILES string of the molecule is CCCNc1cccc(OCC2CCCCO2)c1[N+](=O)[O-]. The molecule has 6 heteroatoms. The molecular formula is C15H22N2O4. The van der Waals surface area contributed by atoms with E-state index >= 15 is 0 Å². The molecule has 21 heavy (non-hydrogen) atoms. The molecule has 0 aromatic heterocycles. The first-order valence-electron chi connectivity index (χ1n) is 7.48. The van der Waals surface area contributed by atoms with Crippen LogP contribution in [-0.4, -0.2) is 30.8 Å². The second-order valence-corrected chi connectivity index (χ2v) is 5.14. The maximum Gasteiger partial charge on any atom is 0.333 e. The van der Waals surface area contributed by atoms with Gasteiger partial charge in [-0.25, -0.2) is 0 Å². The van der Waals surface area contributed by atoms with Gasteiger partial charge in [-0.3, -0.25) is 10.1 Å². The molecule has 1 aromatic rings. The van der Waals surface area contributed by atoms with Crippen LogP contribution in [0.4, 0.5) is 11.4 Å². The summed E-state index contributed by atoms with van der Waals surface area (Å²) in [7, 11) is 0. The summed E-state index contributed by atoms with van der Waals surface area (Å²) in [4.78, 5) is 10.9. The number of ether oxygens (including phenoxy) is 2. The zero-order valence-corrected chi connectivity index (χ0v) is 12.3. The molecule has 1 heterocycles. The lowest BCUT2D eigenvalue weighted by Crippen LogP contribution is -2.26. The molecule has 1 aliphatic heterocycles. The molecule has 0 aliphatic carbocycles. The lowest BCUT2D eigenvalue weighted by molar-refractivity contribution is -0.385. The molecule has 116 valence electrons. The molecule has 1 aliphatic rings. The predicted octanol–water partition coefficient (Wildman–Crippen LogP) is 3.36. The van der Waals surface area contributed by atoms with Gasteiger partial charge in [0.25, 0.3) is 0 Å². The maximum atomic E-state index is 11.3. The highest BCUT2D eigenvalue weighted by atomic mass is 16.6. The number of benzene rings is 1. The Bertz CT molecular complexity index is 473. The average molecular weight is 294 g/mol. The summed E-state index contributed by atoms with van der Waals surface area (Å²) in [6.45, 7) is 3.81. The molecule has 0 amide bonds. The van der Waals surface area contributed by atoms with Crippen molar-refractivity contribution < 1.29 is 14.4 Å². The molecule has 2 rings (SSSR count). The van der Waals surface area contributed by atoms with Gasteiger partial charge in [-0.2, -0.15) is 0 Å². The third-order valence-electron chi connectivity index (χ3n) is 3.45. The van der Waals surface area contributed by atoms with E-state index < -0.39 is 4.92 Å². The van der Waals surface area contributed by atoms with E-state index in [2.05, 4.69) is 5.32 Å². The first kappa shape index (κ1) is 15.6. The average Bonchev–Trinajstić information content (AvgIpc) is 2.51. The van der Waals surface area contributed by atoms with E-state index in [9.17, 15) is 10.1 Å². The lowest BCUT2D eigenvalue weighted by Gasteiger charge is -2.22. The van der Waals surface area contributed by atoms with Gasteiger partial charge in [0.2, 0.25) is 0 Å². The van der Waals surface area contributed by atoms with Crippen molar-refractivity contribution in [3.8, 4) is 5.75 Å². The van der Waals surface area contributed by atoms with Crippen LogP contribution in [0.1, 0.15) is 32.6 Å². The fourth-order valence-electron chi connectivity index (χ4n) is 2.35. The molecule has 0 saturated carbocycles. The fourth-order valence-corrected chi connectivity index (χ4v) is 2.35. The molecule has 6 nitrogen and oxygen atoms in total. The standard InChI is InChI=1S/C15H22N2O4/c1-2-9-16-13-7-5-8-14(15(13)17(18)19)21-11-12-6-3-4-10-20-12/h5,7-8,12,16H,2-4,6,9-11H2,1H3. The van der Waals surface area contributed by atoms with Crippen LogP contribution in [-0.2, 0) is 4.74 Å². The number of hydrogen-bond donors (Lipinski definition) is 1. The smallest absolute Gasteiger partial charge is 0.333 e. The Morgan fingerprint density at radius 2 is 2.33 bits per heavy atom. The quantitative estimate of drug-likeness (QED) is 0.616. The summed E-state index contributed by atoms with van der Waals surface area (Å²) in [6.07, 6.45) is 4.08. The molecule has 0 bridgehead atoms. The third-order valence-corrected chi connectivity index (χ3v) is 3.45. The highest BCUT2D eigenvalue weighted by Gasteiger charge is 2.22. The molecule has 0 radical (unpaired) electrons. The summed E-state index contributed by atoms with van der Waals surface area (Å²) in [5.74, 6) is 0.301. The van der Waals surface area contributed by atoms with Gasteiger partial charge in [0.15, 0.2) is 5.75 Å². The summed E-state index contributed by atoms with van der Waals surface area (Å²) in [6, 6.07) is 5.11. The second-order valence-electron chi connectivity index (χ2n) is 5.14. The van der Waals surface area contributed by atoms with Crippen LogP contribution in [0, 0.1) is 10.1 Å². The zero-order valence-electron chi connectivity index (χ0n) is 12.3. The fraction of sp³-hybridized carbons (Fsp3) is 0.600. The Kier molecular flexibility index (Phi) is 5.80. The van der Waals surface area contributed by atoms with Gasteiger partial charge in [-0.15, -0.1) is 0 Å². The number of nitro benzene ring substituents is 1. The molecule has 1 aromatic carbocycles. The lowest BCUT2D eigenvalue weighted by atomic mass is 10.1. The second kappa shape index (κ2) is 7.83. The highest BCUT2D eigenvalue weighted by Crippen LogP contribution is 2.35. The minimum absolute atomic E-state index is 0.00163. The van der Waals surface area contributed by atoms with Crippen LogP contribution >= 0.6 is 0 Å². The van der Waals surface area contributed by atoms with E-state index in [0.717, 1.165) is 32.3 Å². The predicted molar refractivity (Wildman–Crippen MR) is 81.0 cm³/mol. The Hall–Kier alpha value is -1.82. The summed E-state index contributed by atoms with van der Waals surface area (Å²) < 4.78 is 11.2. The number of hydrogen-bond acceptors (Lipinski definition) is 5. The van der Waals surface area contributed by atoms with Crippen molar-refractivity contribution in [2.24, 2.45) is 0 Å². The molecule has 1 atom stereocenters. The number of nitrogens with zero attached hydrogens (tertiary/aromatic N) is 1. The van der Waals surface area contributed by atoms with Crippen molar-refractivity contribution in [1.82, 2.24) is 0 Å². The van der Waals surface area contributed by atoms with Gasteiger partial charge in [0.1, 0.15) is 12.3 Å². The Morgan fingerprint density at radius 1 is 1.48 bits per heavy atom. The first-order chi connectivity index (χ1) is 10.2. The number of para-hydroxylation sites is 1. The monoisotopic (exact) mass is 294 g/mol. The largest absolute Gasteiger partial charge is 0.484 e. The van der Waals surface area contributed by atoms with Crippen LogP contribution < -0.4 is 10.1 Å². The molecular weight excluding hydrogens is 272 g/mol. The third kappa shape index (κ3) is 4.32. The van der Waals surface area contributed by atoms with Crippen LogP contribution in [0.3, 0.4) is 0 Å². The minimum atomic E-state index is -0.394. The Morgan fingerprint density at radius 3 is 3.00 bits per heavy atom. The summed E-state index contributed by atoms with van der Waals surface area (Å²) >= 11 is 0. The first-order valence-corrected chi connectivity index (χ1v) is 7.48. The molecule has 1 unspecified atom stereocenters. The number of anilines is 1. The van der Waals surface area contributed by atoms with Crippen LogP contribution in [0.15, 0.2) is 18.2 Å². The van der Waals surface area contributed by atoms with E-state index in [1.165, 1.54) is 0 Å². The number of nitrogens with one attached hydrogen (secondary N) is 1. The molecule has 1 N–H and O–H groups in total. The Labute approximate surface area is 124 Å². The number of rotatable bonds is 7. The molecule has 0 spiro atoms. The van der Waals surface area contributed by atoms with E-state index in [0.29, 0.717) is 24.6 Å². The topological polar surface area (TPSA) is 73.6 Å². The van der Waals surface area contributed by atoms with Crippen molar-refractivity contribution in [3.63, 3.8) is 0 Å².